The van der Waals surface area contributed by atoms with Crippen molar-refractivity contribution in [2.75, 3.05) is 18.4 Å². The van der Waals surface area contributed by atoms with E-state index < -0.39 is 0 Å². The second-order valence-electron chi connectivity index (χ2n) is 5.31. The Labute approximate surface area is 128 Å². The molecule has 0 unspecified atom stereocenters. The molecular formula is C15H20N4OS. The Morgan fingerprint density at radius 3 is 3.24 bits per heavy atom. The highest BCUT2D eigenvalue weighted by Gasteiger charge is 2.17. The number of aryl methyl sites for hydroxylation is 1. The predicted molar refractivity (Wildman–Crippen MR) is 84.6 cm³/mol. The van der Waals surface area contributed by atoms with Gasteiger partial charge in [-0.25, -0.2) is 0 Å². The van der Waals surface area contributed by atoms with Crippen molar-refractivity contribution < 1.29 is 4.79 Å². The van der Waals surface area contributed by atoms with E-state index >= 15 is 0 Å². The van der Waals surface area contributed by atoms with E-state index in [-0.39, 0.29) is 5.91 Å². The van der Waals surface area contributed by atoms with Gasteiger partial charge in [-0.15, -0.1) is 11.3 Å². The fraction of sp³-hybridized carbons (Fsp3) is 0.467. The van der Waals surface area contributed by atoms with E-state index in [1.54, 1.807) is 11.3 Å². The van der Waals surface area contributed by atoms with Crippen LogP contribution < -0.4 is 10.6 Å². The molecule has 0 bridgehead atoms. The van der Waals surface area contributed by atoms with E-state index in [0.717, 1.165) is 32.4 Å². The summed E-state index contributed by atoms with van der Waals surface area (Å²) in [5, 5.41) is 12.7. The Hall–Kier alpha value is -1.66. The molecule has 1 atom stereocenters. The number of amides is 1. The van der Waals surface area contributed by atoms with E-state index in [2.05, 4.69) is 27.2 Å². The molecule has 0 radical (unpaired) electrons. The van der Waals surface area contributed by atoms with Crippen LogP contribution in [0.15, 0.2) is 29.8 Å². The molecule has 1 amide bonds. The molecule has 112 valence electrons. The van der Waals surface area contributed by atoms with E-state index in [9.17, 15) is 4.79 Å². The van der Waals surface area contributed by atoms with Gasteiger partial charge in [0.15, 0.2) is 5.82 Å². The van der Waals surface area contributed by atoms with Crippen LogP contribution in [0.2, 0.25) is 0 Å². The monoisotopic (exact) mass is 304 g/mol. The van der Waals surface area contributed by atoms with Gasteiger partial charge in [0.1, 0.15) is 0 Å². The zero-order valence-corrected chi connectivity index (χ0v) is 12.7. The standard InChI is InChI=1S/C15H20N4OS/c20-15(5-1-3-13-4-2-10-21-13)17-14-7-9-19(18-14)12-6-8-16-11-12/h2,4,7,9-10,12,16H,1,3,5-6,8,11H2,(H,17,18,20)/t12-/m0/s1. The first-order valence-corrected chi connectivity index (χ1v) is 8.27. The topological polar surface area (TPSA) is 59.0 Å². The molecule has 5 nitrogen and oxygen atoms in total. The summed E-state index contributed by atoms with van der Waals surface area (Å²) in [4.78, 5) is 13.2. The van der Waals surface area contributed by atoms with Crippen LogP contribution in [-0.4, -0.2) is 28.8 Å². The second kappa shape index (κ2) is 6.87. The Kier molecular flexibility index (Phi) is 4.67. The highest BCUT2D eigenvalue weighted by Crippen LogP contribution is 2.16. The summed E-state index contributed by atoms with van der Waals surface area (Å²) in [6.07, 6.45) is 5.41. The number of rotatable bonds is 6. The Morgan fingerprint density at radius 1 is 1.52 bits per heavy atom. The van der Waals surface area contributed by atoms with E-state index in [0.29, 0.717) is 18.3 Å². The molecule has 6 heteroatoms. The third kappa shape index (κ3) is 3.92. The summed E-state index contributed by atoms with van der Waals surface area (Å²) in [6, 6.07) is 6.44. The quantitative estimate of drug-likeness (QED) is 0.862. The molecule has 1 aliphatic rings. The number of carbonyl (C=O) groups is 1. The van der Waals surface area contributed by atoms with Crippen LogP contribution in [0.25, 0.3) is 0 Å². The second-order valence-corrected chi connectivity index (χ2v) is 6.34. The highest BCUT2D eigenvalue weighted by molar-refractivity contribution is 7.09. The van der Waals surface area contributed by atoms with Gasteiger partial charge in [-0.2, -0.15) is 5.10 Å². The van der Waals surface area contributed by atoms with E-state index in [1.165, 1.54) is 4.88 Å². The minimum Gasteiger partial charge on any atom is -0.315 e. The molecule has 2 N–H and O–H groups in total. The van der Waals surface area contributed by atoms with Gasteiger partial charge in [-0.05, 0) is 37.3 Å². The lowest BCUT2D eigenvalue weighted by Crippen LogP contribution is -2.15. The first-order chi connectivity index (χ1) is 10.3. The summed E-state index contributed by atoms with van der Waals surface area (Å²) in [6.45, 7) is 1.99. The summed E-state index contributed by atoms with van der Waals surface area (Å²) >= 11 is 1.74. The van der Waals surface area contributed by atoms with Crippen LogP contribution in [0.3, 0.4) is 0 Å². The number of thiophene rings is 1. The SMILES string of the molecule is O=C(CCCc1cccs1)Nc1ccn([C@H]2CCNC2)n1. The Bertz CT molecular complexity index is 572. The van der Waals surface area contributed by atoms with Crippen LogP contribution in [0.5, 0.6) is 0 Å². The molecule has 3 rings (SSSR count). The van der Waals surface area contributed by atoms with Crippen molar-refractivity contribution in [1.82, 2.24) is 15.1 Å². The van der Waals surface area contributed by atoms with Crippen molar-refractivity contribution in [3.8, 4) is 0 Å². The Balaban J connectivity index is 1.44. The third-order valence-electron chi connectivity index (χ3n) is 3.69. The molecule has 2 aromatic heterocycles. The number of aromatic nitrogens is 2. The zero-order valence-electron chi connectivity index (χ0n) is 11.9. The molecule has 1 aliphatic heterocycles. The molecule has 0 aliphatic carbocycles. The lowest BCUT2D eigenvalue weighted by molar-refractivity contribution is -0.116. The summed E-state index contributed by atoms with van der Waals surface area (Å²) < 4.78 is 1.95. The maximum atomic E-state index is 11.9. The average Bonchev–Trinajstić information content (AvgIpc) is 3.21. The van der Waals surface area contributed by atoms with Crippen molar-refractivity contribution in [3.05, 3.63) is 34.7 Å². The maximum absolute atomic E-state index is 11.9. The van der Waals surface area contributed by atoms with Crippen LogP contribution >= 0.6 is 11.3 Å². The summed E-state index contributed by atoms with van der Waals surface area (Å²) in [7, 11) is 0. The van der Waals surface area contributed by atoms with Crippen molar-refractivity contribution in [2.24, 2.45) is 0 Å². The van der Waals surface area contributed by atoms with Crippen LogP contribution in [0, 0.1) is 0 Å². The van der Waals surface area contributed by atoms with Crippen molar-refractivity contribution in [1.29, 1.82) is 0 Å². The van der Waals surface area contributed by atoms with Gasteiger partial charge in [-0.1, -0.05) is 6.07 Å². The normalized spacial score (nSPS) is 18.0. The van der Waals surface area contributed by atoms with Gasteiger partial charge in [0, 0.05) is 30.1 Å². The predicted octanol–water partition coefficient (Wildman–Crippen LogP) is 2.44. The van der Waals surface area contributed by atoms with Crippen molar-refractivity contribution >= 4 is 23.1 Å². The molecule has 1 fully saturated rings. The fourth-order valence-electron chi connectivity index (χ4n) is 2.56. The van der Waals surface area contributed by atoms with Gasteiger partial charge in [0.25, 0.3) is 0 Å². The van der Waals surface area contributed by atoms with Crippen LogP contribution in [-0.2, 0) is 11.2 Å². The largest absolute Gasteiger partial charge is 0.315 e. The number of hydrogen-bond acceptors (Lipinski definition) is 4. The zero-order chi connectivity index (χ0) is 14.5. The fourth-order valence-corrected chi connectivity index (χ4v) is 3.31. The molecule has 2 aromatic rings. The number of nitrogens with one attached hydrogen (secondary N) is 2. The molecular weight excluding hydrogens is 284 g/mol. The first kappa shape index (κ1) is 14.3. The van der Waals surface area contributed by atoms with Crippen LogP contribution in [0.4, 0.5) is 5.82 Å². The minimum atomic E-state index is 0.0429. The van der Waals surface area contributed by atoms with Gasteiger partial charge in [0.05, 0.1) is 6.04 Å². The maximum Gasteiger partial charge on any atom is 0.225 e. The summed E-state index contributed by atoms with van der Waals surface area (Å²) in [5.74, 6) is 0.698. The number of carbonyl (C=O) groups excluding carboxylic acids is 1. The van der Waals surface area contributed by atoms with Gasteiger partial charge >= 0.3 is 0 Å². The average molecular weight is 304 g/mol. The minimum absolute atomic E-state index is 0.0429. The van der Waals surface area contributed by atoms with E-state index in [1.807, 2.05) is 23.0 Å². The lowest BCUT2D eigenvalue weighted by Gasteiger charge is -2.08. The number of nitrogens with zero attached hydrogens (tertiary/aromatic N) is 2. The van der Waals surface area contributed by atoms with Crippen molar-refractivity contribution in [3.63, 3.8) is 0 Å². The molecule has 21 heavy (non-hydrogen) atoms. The molecule has 0 aromatic carbocycles. The van der Waals surface area contributed by atoms with Gasteiger partial charge < -0.3 is 10.6 Å². The van der Waals surface area contributed by atoms with E-state index in [4.69, 9.17) is 0 Å². The number of hydrogen-bond donors (Lipinski definition) is 2. The molecule has 1 saturated heterocycles. The molecule has 0 spiro atoms. The molecule has 3 heterocycles. The highest BCUT2D eigenvalue weighted by atomic mass is 32.1. The first-order valence-electron chi connectivity index (χ1n) is 7.39. The Morgan fingerprint density at radius 2 is 2.48 bits per heavy atom. The van der Waals surface area contributed by atoms with Crippen molar-refractivity contribution in [2.45, 2.75) is 31.7 Å². The van der Waals surface area contributed by atoms with Crippen LogP contribution in [0.1, 0.15) is 30.2 Å². The number of anilines is 1. The van der Waals surface area contributed by atoms with Gasteiger partial charge in [0.2, 0.25) is 5.91 Å². The summed E-state index contributed by atoms with van der Waals surface area (Å²) in [5.41, 5.74) is 0. The lowest BCUT2D eigenvalue weighted by atomic mass is 10.2. The smallest absolute Gasteiger partial charge is 0.225 e. The third-order valence-corrected chi connectivity index (χ3v) is 4.63. The molecule has 0 saturated carbocycles. The van der Waals surface area contributed by atoms with Gasteiger partial charge in [-0.3, -0.25) is 9.48 Å².